The molecular weight excluding hydrogens is 385 g/mol. The van der Waals surface area contributed by atoms with E-state index in [1.165, 1.54) is 11.3 Å². The van der Waals surface area contributed by atoms with E-state index in [9.17, 15) is 9.59 Å². The minimum Gasteiger partial charge on any atom is -0.349 e. The first kappa shape index (κ1) is 16.0. The second-order valence-electron chi connectivity index (χ2n) is 5.17. The van der Waals surface area contributed by atoms with Crippen LogP contribution in [0.1, 0.15) is 10.5 Å². The number of thiophene rings is 1. The van der Waals surface area contributed by atoms with E-state index < -0.39 is 11.5 Å². The summed E-state index contributed by atoms with van der Waals surface area (Å²) in [5.41, 5.74) is 1.34. The number of aromatic amines is 2. The molecule has 0 radical (unpaired) electrons. The standard InChI is InChI=1S/C16H9Cl2N3O3S/c17-10-12-9(25-14(10)18)6-8(19-12)15(22)20-13-11(21-24-16(13)23)7-4-2-1-3-5-7/h1-6,19,21H,(H,20,22). The van der Waals surface area contributed by atoms with Gasteiger partial charge in [-0.1, -0.05) is 53.5 Å². The Balaban J connectivity index is 1.69. The number of rotatable bonds is 3. The molecule has 0 aliphatic carbocycles. The van der Waals surface area contributed by atoms with Crippen molar-refractivity contribution in [2.24, 2.45) is 0 Å². The third-order valence-corrected chi connectivity index (χ3v) is 5.55. The molecule has 1 aromatic carbocycles. The fourth-order valence-electron chi connectivity index (χ4n) is 2.45. The van der Waals surface area contributed by atoms with Gasteiger partial charge in [0.15, 0.2) is 5.69 Å². The number of hydrogen-bond acceptors (Lipinski definition) is 4. The van der Waals surface area contributed by atoms with Gasteiger partial charge in [0.1, 0.15) is 15.7 Å². The van der Waals surface area contributed by atoms with Crippen molar-refractivity contribution in [1.29, 1.82) is 0 Å². The normalized spacial score (nSPS) is 11.1. The van der Waals surface area contributed by atoms with Crippen LogP contribution in [0.4, 0.5) is 5.69 Å². The smallest absolute Gasteiger partial charge is 0.349 e. The summed E-state index contributed by atoms with van der Waals surface area (Å²) in [7, 11) is 0. The summed E-state index contributed by atoms with van der Waals surface area (Å²) in [5, 5.41) is 5.48. The van der Waals surface area contributed by atoms with Gasteiger partial charge in [-0.3, -0.25) is 4.79 Å². The van der Waals surface area contributed by atoms with Gasteiger partial charge in [0, 0.05) is 5.56 Å². The summed E-state index contributed by atoms with van der Waals surface area (Å²) < 4.78 is 6.03. The van der Waals surface area contributed by atoms with Crippen molar-refractivity contribution in [3.05, 3.63) is 61.9 Å². The largest absolute Gasteiger partial charge is 0.381 e. The van der Waals surface area contributed by atoms with Gasteiger partial charge >= 0.3 is 5.63 Å². The molecular formula is C16H9Cl2N3O3S. The minimum atomic E-state index is -0.665. The van der Waals surface area contributed by atoms with Gasteiger partial charge in [-0.2, -0.15) is 0 Å². The number of hydrogen-bond donors (Lipinski definition) is 3. The lowest BCUT2D eigenvalue weighted by Gasteiger charge is -2.03. The number of carbonyl (C=O) groups is 1. The number of fused-ring (bicyclic) bond motifs is 1. The average Bonchev–Trinajstić information content (AvgIpc) is 3.26. The second kappa shape index (κ2) is 6.11. The van der Waals surface area contributed by atoms with E-state index in [-0.39, 0.29) is 11.4 Å². The molecule has 1 amide bonds. The molecule has 25 heavy (non-hydrogen) atoms. The Hall–Kier alpha value is -2.48. The van der Waals surface area contributed by atoms with Gasteiger partial charge in [0.05, 0.1) is 15.2 Å². The SMILES string of the molecule is O=C(Nc1c(-c2ccccc2)[nH]oc1=O)c1cc2sc(Cl)c(Cl)c2[nH]1. The van der Waals surface area contributed by atoms with Gasteiger partial charge in [-0.25, -0.2) is 9.95 Å². The summed E-state index contributed by atoms with van der Waals surface area (Å²) in [5.74, 6) is -0.486. The van der Waals surface area contributed by atoms with Gasteiger partial charge in [-0.05, 0) is 6.07 Å². The number of carbonyl (C=O) groups excluding carboxylic acids is 1. The van der Waals surface area contributed by atoms with Crippen LogP contribution in [-0.2, 0) is 0 Å². The molecule has 4 aromatic rings. The molecule has 0 saturated carbocycles. The molecule has 4 rings (SSSR count). The molecule has 0 aliphatic heterocycles. The first-order valence-corrected chi connectivity index (χ1v) is 8.66. The highest BCUT2D eigenvalue weighted by Crippen LogP contribution is 2.39. The number of H-pyrrole nitrogens is 2. The molecule has 3 N–H and O–H groups in total. The minimum absolute atomic E-state index is 0.0401. The van der Waals surface area contributed by atoms with Gasteiger partial charge in [0.25, 0.3) is 5.91 Å². The van der Waals surface area contributed by atoms with Gasteiger partial charge in [0.2, 0.25) is 0 Å². The molecule has 3 aromatic heterocycles. The van der Waals surface area contributed by atoms with E-state index in [2.05, 4.69) is 15.5 Å². The quantitative estimate of drug-likeness (QED) is 0.469. The number of halogens is 2. The number of nitrogens with one attached hydrogen (secondary N) is 3. The Kier molecular flexibility index (Phi) is 3.91. The van der Waals surface area contributed by atoms with Gasteiger partial charge < -0.3 is 14.8 Å². The third kappa shape index (κ3) is 2.76. The zero-order valence-electron chi connectivity index (χ0n) is 12.4. The highest BCUT2D eigenvalue weighted by molar-refractivity contribution is 7.23. The van der Waals surface area contributed by atoms with E-state index in [1.807, 2.05) is 18.2 Å². The molecule has 9 heteroatoms. The van der Waals surface area contributed by atoms with Crippen molar-refractivity contribution >= 4 is 56.3 Å². The van der Waals surface area contributed by atoms with Crippen LogP contribution in [0.15, 0.2) is 45.7 Å². The maximum atomic E-state index is 12.5. The van der Waals surface area contributed by atoms with E-state index in [0.29, 0.717) is 26.1 Å². The van der Waals surface area contributed by atoms with Crippen molar-refractivity contribution in [2.75, 3.05) is 5.32 Å². The van der Waals surface area contributed by atoms with E-state index in [1.54, 1.807) is 18.2 Å². The predicted molar refractivity (Wildman–Crippen MR) is 98.9 cm³/mol. The number of benzene rings is 1. The maximum absolute atomic E-state index is 12.5. The maximum Gasteiger partial charge on any atom is 0.381 e. The first-order valence-electron chi connectivity index (χ1n) is 7.09. The van der Waals surface area contributed by atoms with Crippen LogP contribution in [0, 0.1) is 0 Å². The van der Waals surface area contributed by atoms with E-state index >= 15 is 0 Å². The lowest BCUT2D eigenvalue weighted by atomic mass is 10.1. The average molecular weight is 394 g/mol. The number of anilines is 1. The highest BCUT2D eigenvalue weighted by Gasteiger charge is 2.20. The topological polar surface area (TPSA) is 90.9 Å². The Morgan fingerprint density at radius 3 is 2.68 bits per heavy atom. The third-order valence-electron chi connectivity index (χ3n) is 3.62. The molecule has 3 heterocycles. The summed E-state index contributed by atoms with van der Waals surface area (Å²) >= 11 is 13.3. The fourth-order valence-corrected chi connectivity index (χ4v) is 3.93. The van der Waals surface area contributed by atoms with E-state index in [0.717, 1.165) is 4.70 Å². The van der Waals surface area contributed by atoms with Crippen molar-refractivity contribution in [3.8, 4) is 11.3 Å². The Labute approximate surface area is 154 Å². The molecule has 126 valence electrons. The molecule has 0 atom stereocenters. The molecule has 0 bridgehead atoms. The molecule has 0 unspecified atom stereocenters. The molecule has 0 fully saturated rings. The van der Waals surface area contributed by atoms with Crippen LogP contribution >= 0.6 is 34.5 Å². The van der Waals surface area contributed by atoms with Crippen LogP contribution in [0.5, 0.6) is 0 Å². The lowest BCUT2D eigenvalue weighted by molar-refractivity contribution is 0.102. The van der Waals surface area contributed by atoms with Crippen molar-refractivity contribution < 1.29 is 9.32 Å². The molecule has 0 saturated heterocycles. The first-order chi connectivity index (χ1) is 12.0. The Bertz CT molecular complexity index is 1140. The van der Waals surface area contributed by atoms with Crippen LogP contribution in [0.3, 0.4) is 0 Å². The summed E-state index contributed by atoms with van der Waals surface area (Å²) in [6.45, 7) is 0. The molecule has 6 nitrogen and oxygen atoms in total. The highest BCUT2D eigenvalue weighted by atomic mass is 35.5. The van der Waals surface area contributed by atoms with Crippen LogP contribution in [-0.4, -0.2) is 16.0 Å². The monoisotopic (exact) mass is 393 g/mol. The molecule has 0 aliphatic rings. The predicted octanol–water partition coefficient (Wildman–Crippen LogP) is 4.74. The fraction of sp³-hybridized carbons (Fsp3) is 0. The van der Waals surface area contributed by atoms with Crippen LogP contribution in [0.2, 0.25) is 9.36 Å². The van der Waals surface area contributed by atoms with Crippen molar-refractivity contribution in [2.45, 2.75) is 0 Å². The van der Waals surface area contributed by atoms with Crippen molar-refractivity contribution in [1.82, 2.24) is 10.1 Å². The second-order valence-corrected chi connectivity index (χ2v) is 7.21. The van der Waals surface area contributed by atoms with E-state index in [4.69, 9.17) is 27.7 Å². The number of amides is 1. The van der Waals surface area contributed by atoms with Crippen LogP contribution < -0.4 is 10.9 Å². The Morgan fingerprint density at radius 1 is 1.20 bits per heavy atom. The molecule has 0 spiro atoms. The lowest BCUT2D eigenvalue weighted by Crippen LogP contribution is -2.16. The Morgan fingerprint density at radius 2 is 1.96 bits per heavy atom. The zero-order chi connectivity index (χ0) is 17.6. The van der Waals surface area contributed by atoms with Crippen molar-refractivity contribution in [3.63, 3.8) is 0 Å². The zero-order valence-corrected chi connectivity index (χ0v) is 14.7. The number of aromatic nitrogens is 2. The van der Waals surface area contributed by atoms with Gasteiger partial charge in [-0.15, -0.1) is 11.3 Å². The van der Waals surface area contributed by atoms with Crippen LogP contribution in [0.25, 0.3) is 21.5 Å². The summed E-state index contributed by atoms with van der Waals surface area (Å²) in [4.78, 5) is 27.4. The summed E-state index contributed by atoms with van der Waals surface area (Å²) in [6, 6.07) is 10.7. The summed E-state index contributed by atoms with van der Waals surface area (Å²) in [6.07, 6.45) is 0.